The first-order valence-electron chi connectivity index (χ1n) is 5.08. The highest BCUT2D eigenvalue weighted by molar-refractivity contribution is 5.51. The summed E-state index contributed by atoms with van der Waals surface area (Å²) in [5.41, 5.74) is 0.801. The fourth-order valence-electron chi connectivity index (χ4n) is 1.28. The fourth-order valence-corrected chi connectivity index (χ4v) is 1.28. The molecule has 1 N–H and O–H groups in total. The van der Waals surface area contributed by atoms with Crippen molar-refractivity contribution < 1.29 is 9.63 Å². The maximum absolute atomic E-state index is 9.41. The van der Waals surface area contributed by atoms with Crippen molar-refractivity contribution in [3.63, 3.8) is 0 Å². The normalized spacial score (nSPS) is 15.0. The molecule has 2 heterocycles. The summed E-state index contributed by atoms with van der Waals surface area (Å²) in [5, 5.41) is 17.3. The van der Waals surface area contributed by atoms with Crippen molar-refractivity contribution in [2.75, 3.05) is 0 Å². The van der Waals surface area contributed by atoms with Crippen LogP contribution in [0.4, 0.5) is 0 Å². The van der Waals surface area contributed by atoms with Crippen molar-refractivity contribution in [3.8, 4) is 11.4 Å². The summed E-state index contributed by atoms with van der Waals surface area (Å²) in [5.74, 6) is 0.766. The van der Waals surface area contributed by atoms with Crippen molar-refractivity contribution in [2.24, 2.45) is 7.05 Å². The van der Waals surface area contributed by atoms with E-state index in [2.05, 4.69) is 15.2 Å². The average Bonchev–Trinajstić information content (AvgIpc) is 2.84. The van der Waals surface area contributed by atoms with Gasteiger partial charge in [-0.1, -0.05) is 12.1 Å². The zero-order valence-electron chi connectivity index (χ0n) is 9.45. The van der Waals surface area contributed by atoms with Gasteiger partial charge in [-0.2, -0.15) is 10.1 Å². The molecule has 0 radical (unpaired) electrons. The van der Waals surface area contributed by atoms with E-state index in [1.54, 1.807) is 17.8 Å². The third kappa shape index (κ3) is 1.96. The molecule has 0 aliphatic rings. The van der Waals surface area contributed by atoms with E-state index < -0.39 is 6.10 Å². The van der Waals surface area contributed by atoms with Crippen LogP contribution in [0.5, 0.6) is 0 Å². The van der Waals surface area contributed by atoms with Crippen LogP contribution in [-0.2, 0) is 7.05 Å². The predicted octanol–water partition coefficient (Wildman–Crippen LogP) is 0.954. The second-order valence-electron chi connectivity index (χ2n) is 3.89. The van der Waals surface area contributed by atoms with Crippen LogP contribution in [0, 0.1) is 0 Å². The molecule has 0 aliphatic heterocycles. The Hall–Kier alpha value is -1.69. The highest BCUT2D eigenvalue weighted by Crippen LogP contribution is 2.21. The number of hydrogen-bond acceptors (Lipinski definition) is 5. The molecule has 0 amide bonds. The van der Waals surface area contributed by atoms with E-state index in [0.717, 1.165) is 5.56 Å². The van der Waals surface area contributed by atoms with Gasteiger partial charge in [0, 0.05) is 13.2 Å². The summed E-state index contributed by atoms with van der Waals surface area (Å²) in [6, 6.07) is 0. The van der Waals surface area contributed by atoms with Gasteiger partial charge in [0.1, 0.15) is 0 Å². The minimum atomic E-state index is -0.512. The molecule has 2 unspecified atom stereocenters. The van der Waals surface area contributed by atoms with Crippen LogP contribution in [0.1, 0.15) is 25.7 Å². The molecule has 0 bridgehead atoms. The second-order valence-corrected chi connectivity index (χ2v) is 3.89. The number of rotatable bonds is 3. The Morgan fingerprint density at radius 2 is 2.19 bits per heavy atom. The molecule has 0 spiro atoms. The molecule has 2 atom stereocenters. The van der Waals surface area contributed by atoms with Crippen LogP contribution in [-0.4, -0.2) is 31.1 Å². The lowest BCUT2D eigenvalue weighted by atomic mass is 10.1. The van der Waals surface area contributed by atoms with E-state index in [-0.39, 0.29) is 5.92 Å². The van der Waals surface area contributed by atoms with Gasteiger partial charge in [0.05, 0.1) is 23.8 Å². The molecular formula is C10H14N4O2. The summed E-state index contributed by atoms with van der Waals surface area (Å²) in [7, 11) is 1.82. The molecule has 16 heavy (non-hydrogen) atoms. The number of nitrogens with zero attached hydrogens (tertiary/aromatic N) is 4. The van der Waals surface area contributed by atoms with Gasteiger partial charge in [0.2, 0.25) is 11.7 Å². The predicted molar refractivity (Wildman–Crippen MR) is 56.6 cm³/mol. The monoisotopic (exact) mass is 222 g/mol. The van der Waals surface area contributed by atoms with Gasteiger partial charge in [-0.25, -0.2) is 0 Å². The van der Waals surface area contributed by atoms with E-state index in [1.807, 2.05) is 20.2 Å². The van der Waals surface area contributed by atoms with Gasteiger partial charge in [0.15, 0.2) is 0 Å². The van der Waals surface area contributed by atoms with E-state index in [9.17, 15) is 5.11 Å². The van der Waals surface area contributed by atoms with Gasteiger partial charge in [-0.05, 0) is 6.92 Å². The number of aryl methyl sites for hydroxylation is 1. The Morgan fingerprint density at radius 3 is 2.75 bits per heavy atom. The number of aliphatic hydroxyl groups excluding tert-OH is 1. The Bertz CT molecular complexity index is 475. The van der Waals surface area contributed by atoms with Crippen molar-refractivity contribution in [1.29, 1.82) is 0 Å². The van der Waals surface area contributed by atoms with Crippen molar-refractivity contribution in [1.82, 2.24) is 19.9 Å². The minimum Gasteiger partial charge on any atom is -0.393 e. The van der Waals surface area contributed by atoms with Gasteiger partial charge in [-0.15, -0.1) is 0 Å². The summed E-state index contributed by atoms with van der Waals surface area (Å²) >= 11 is 0. The van der Waals surface area contributed by atoms with Crippen molar-refractivity contribution in [3.05, 3.63) is 18.3 Å². The summed E-state index contributed by atoms with van der Waals surface area (Å²) in [6.07, 6.45) is 2.96. The average molecular weight is 222 g/mol. The van der Waals surface area contributed by atoms with Crippen LogP contribution >= 0.6 is 0 Å². The maximum atomic E-state index is 9.41. The highest BCUT2D eigenvalue weighted by atomic mass is 16.5. The van der Waals surface area contributed by atoms with E-state index in [4.69, 9.17) is 4.52 Å². The molecule has 0 aliphatic carbocycles. The summed E-state index contributed by atoms with van der Waals surface area (Å²) < 4.78 is 6.76. The standard InChI is InChI=1S/C10H14N4O2/c1-6(7(2)15)10-12-9(13-16-10)8-4-11-14(3)5-8/h4-7,15H,1-3H3. The SMILES string of the molecule is CC(O)C(C)c1nc(-c2cnn(C)c2)no1. The van der Waals surface area contributed by atoms with E-state index in [1.165, 1.54) is 0 Å². The van der Waals surface area contributed by atoms with Crippen LogP contribution in [0.25, 0.3) is 11.4 Å². The third-order valence-corrected chi connectivity index (χ3v) is 2.52. The Balaban J connectivity index is 2.26. The smallest absolute Gasteiger partial charge is 0.232 e. The number of aromatic nitrogens is 4. The lowest BCUT2D eigenvalue weighted by Gasteiger charge is -2.07. The van der Waals surface area contributed by atoms with Gasteiger partial charge in [0.25, 0.3) is 0 Å². The third-order valence-electron chi connectivity index (χ3n) is 2.52. The lowest BCUT2D eigenvalue weighted by Crippen LogP contribution is -2.11. The van der Waals surface area contributed by atoms with E-state index in [0.29, 0.717) is 11.7 Å². The summed E-state index contributed by atoms with van der Waals surface area (Å²) in [4.78, 5) is 4.22. The highest BCUT2D eigenvalue weighted by Gasteiger charge is 2.19. The molecule has 2 rings (SSSR count). The largest absolute Gasteiger partial charge is 0.393 e. The zero-order chi connectivity index (χ0) is 11.7. The fraction of sp³-hybridized carbons (Fsp3) is 0.500. The van der Waals surface area contributed by atoms with Crippen molar-refractivity contribution in [2.45, 2.75) is 25.9 Å². The van der Waals surface area contributed by atoms with Gasteiger partial charge >= 0.3 is 0 Å². The lowest BCUT2D eigenvalue weighted by molar-refractivity contribution is 0.151. The maximum Gasteiger partial charge on any atom is 0.232 e. The molecule has 6 heteroatoms. The van der Waals surface area contributed by atoms with Crippen LogP contribution < -0.4 is 0 Å². The first-order valence-corrected chi connectivity index (χ1v) is 5.08. The first-order chi connectivity index (χ1) is 7.58. The molecule has 0 saturated carbocycles. The molecule has 2 aromatic heterocycles. The molecule has 0 aromatic carbocycles. The van der Waals surface area contributed by atoms with E-state index >= 15 is 0 Å². The van der Waals surface area contributed by atoms with Crippen LogP contribution in [0.3, 0.4) is 0 Å². The topological polar surface area (TPSA) is 77.0 Å². The molecular weight excluding hydrogens is 208 g/mol. The molecule has 86 valence electrons. The van der Waals surface area contributed by atoms with Crippen molar-refractivity contribution >= 4 is 0 Å². The number of hydrogen-bond donors (Lipinski definition) is 1. The number of aliphatic hydroxyl groups is 1. The minimum absolute atomic E-state index is 0.169. The Morgan fingerprint density at radius 1 is 1.44 bits per heavy atom. The summed E-state index contributed by atoms with van der Waals surface area (Å²) in [6.45, 7) is 3.53. The Labute approximate surface area is 92.9 Å². The molecule has 6 nitrogen and oxygen atoms in total. The Kier molecular flexibility index (Phi) is 2.74. The quantitative estimate of drug-likeness (QED) is 0.836. The van der Waals surface area contributed by atoms with Gasteiger partial charge < -0.3 is 9.63 Å². The van der Waals surface area contributed by atoms with Crippen LogP contribution in [0.2, 0.25) is 0 Å². The molecule has 2 aromatic rings. The zero-order valence-corrected chi connectivity index (χ0v) is 9.45. The second kappa shape index (κ2) is 4.05. The first kappa shape index (κ1) is 10.8. The molecule has 0 saturated heterocycles. The van der Waals surface area contributed by atoms with Crippen LogP contribution in [0.15, 0.2) is 16.9 Å². The molecule has 0 fully saturated rings. The van der Waals surface area contributed by atoms with Gasteiger partial charge in [-0.3, -0.25) is 4.68 Å².